The molecule has 7 heteroatoms. The van der Waals surface area contributed by atoms with Crippen LogP contribution in [0.4, 0.5) is 13.2 Å². The van der Waals surface area contributed by atoms with Gasteiger partial charge in [-0.25, -0.2) is 0 Å². The molecule has 0 amide bonds. The molecule has 1 unspecified atom stereocenters. The summed E-state index contributed by atoms with van der Waals surface area (Å²) in [6, 6.07) is 6.86. The Morgan fingerprint density at radius 2 is 1.74 bits per heavy atom. The third kappa shape index (κ3) is 3.54. The van der Waals surface area contributed by atoms with E-state index in [4.69, 9.17) is 11.6 Å². The van der Waals surface area contributed by atoms with E-state index in [-0.39, 0.29) is 4.83 Å². The Morgan fingerprint density at radius 3 is 2.16 bits per heavy atom. The lowest BCUT2D eigenvalue weighted by atomic mass is 10.1. The molecule has 0 aliphatic carbocycles. The average molecular weight is 435 g/mol. The van der Waals surface area contributed by atoms with E-state index >= 15 is 0 Å². The molecule has 1 atom stereocenters. The Bertz CT molecular complexity index is 558. The van der Waals surface area contributed by atoms with Gasteiger partial charge in [-0.2, -0.15) is 13.2 Å². The van der Waals surface area contributed by atoms with E-state index < -0.39 is 11.7 Å². The normalized spacial score (nSPS) is 13.6. The van der Waals surface area contributed by atoms with Crippen molar-refractivity contribution in [1.82, 2.24) is 0 Å². The van der Waals surface area contributed by atoms with Crippen molar-refractivity contribution in [2.24, 2.45) is 0 Å². The highest BCUT2D eigenvalue weighted by Crippen LogP contribution is 2.41. The topological polar surface area (TPSA) is 0 Å². The van der Waals surface area contributed by atoms with Gasteiger partial charge in [0, 0.05) is 4.88 Å². The summed E-state index contributed by atoms with van der Waals surface area (Å²) >= 11 is 14.2. The minimum Gasteiger partial charge on any atom is -0.166 e. The first-order valence-electron chi connectivity index (χ1n) is 5.05. The predicted octanol–water partition coefficient (Wildman–Crippen LogP) is 6.67. The number of hydrogen-bond donors (Lipinski definition) is 0. The molecule has 19 heavy (non-hydrogen) atoms. The highest BCUT2D eigenvalue weighted by Gasteiger charge is 2.30. The third-order valence-electron chi connectivity index (χ3n) is 2.44. The van der Waals surface area contributed by atoms with E-state index in [2.05, 4.69) is 31.9 Å². The molecule has 1 aromatic heterocycles. The van der Waals surface area contributed by atoms with Crippen LogP contribution in [-0.4, -0.2) is 0 Å². The molecule has 0 saturated heterocycles. The number of rotatable bonds is 2. The summed E-state index contributed by atoms with van der Waals surface area (Å²) in [5, 5.41) is 0.594. The average Bonchev–Trinajstić information content (AvgIpc) is 2.68. The maximum Gasteiger partial charge on any atom is 0.416 e. The van der Waals surface area contributed by atoms with Crippen molar-refractivity contribution in [3.8, 4) is 0 Å². The van der Waals surface area contributed by atoms with Crippen LogP contribution in [0, 0.1) is 0 Å². The van der Waals surface area contributed by atoms with Crippen LogP contribution in [0.1, 0.15) is 20.8 Å². The fourth-order valence-corrected chi connectivity index (χ4v) is 3.96. The molecule has 0 nitrogen and oxygen atoms in total. The molecule has 0 aliphatic heterocycles. The molecule has 102 valence electrons. The van der Waals surface area contributed by atoms with Crippen LogP contribution in [0.2, 0.25) is 5.02 Å². The van der Waals surface area contributed by atoms with Crippen LogP contribution in [0.25, 0.3) is 0 Å². The molecule has 0 saturated carbocycles. The molecule has 1 heterocycles. The second-order valence-electron chi connectivity index (χ2n) is 3.75. The number of hydrogen-bond acceptors (Lipinski definition) is 1. The highest BCUT2D eigenvalue weighted by molar-refractivity contribution is 9.11. The molecule has 2 aromatic rings. The number of benzene rings is 1. The lowest BCUT2D eigenvalue weighted by molar-refractivity contribution is -0.137. The standard InChI is InChI=1S/C12H6Br2ClF3S/c13-10(9-5-8(15)11(14)19-9)6-1-3-7(4-2-6)12(16,17)18/h1-5,10H. The van der Waals surface area contributed by atoms with Gasteiger partial charge in [0.05, 0.1) is 19.2 Å². The maximum atomic E-state index is 12.5. The fraction of sp³-hybridized carbons (Fsp3) is 0.167. The van der Waals surface area contributed by atoms with Crippen molar-refractivity contribution in [3.63, 3.8) is 0 Å². The zero-order chi connectivity index (χ0) is 14.2. The quantitative estimate of drug-likeness (QED) is 0.463. The van der Waals surface area contributed by atoms with E-state index in [1.165, 1.54) is 23.5 Å². The molecule has 0 spiro atoms. The van der Waals surface area contributed by atoms with Crippen LogP contribution in [0.15, 0.2) is 34.1 Å². The van der Waals surface area contributed by atoms with E-state index in [0.717, 1.165) is 26.4 Å². The summed E-state index contributed by atoms with van der Waals surface area (Å²) in [5.41, 5.74) is 0.0970. The summed E-state index contributed by atoms with van der Waals surface area (Å²) in [4.78, 5) is 0.750. The lowest BCUT2D eigenvalue weighted by Gasteiger charge is -2.10. The third-order valence-corrected chi connectivity index (χ3v) is 6.31. The van der Waals surface area contributed by atoms with Crippen molar-refractivity contribution >= 4 is 54.8 Å². The van der Waals surface area contributed by atoms with Gasteiger partial charge >= 0.3 is 6.18 Å². The fourth-order valence-electron chi connectivity index (χ4n) is 1.49. The molecule has 0 fully saturated rings. The number of alkyl halides is 4. The molecular weight excluding hydrogens is 428 g/mol. The Labute approximate surface area is 133 Å². The highest BCUT2D eigenvalue weighted by atomic mass is 79.9. The molecule has 0 bridgehead atoms. The SMILES string of the molecule is FC(F)(F)c1ccc(C(Br)c2cc(Cl)c(Br)s2)cc1. The van der Waals surface area contributed by atoms with Crippen molar-refractivity contribution in [2.45, 2.75) is 11.0 Å². The van der Waals surface area contributed by atoms with Gasteiger partial charge in [-0.1, -0.05) is 39.7 Å². The molecule has 0 aliphatic rings. The maximum absolute atomic E-state index is 12.5. The Hall–Kier alpha value is -0.0400. The minimum absolute atomic E-state index is 0.177. The van der Waals surface area contributed by atoms with Crippen LogP contribution in [0.5, 0.6) is 0 Å². The second-order valence-corrected chi connectivity index (χ2v) is 7.48. The van der Waals surface area contributed by atoms with Crippen LogP contribution in [-0.2, 0) is 6.18 Å². The number of halogens is 6. The van der Waals surface area contributed by atoms with E-state index in [1.54, 1.807) is 6.07 Å². The van der Waals surface area contributed by atoms with E-state index in [9.17, 15) is 13.2 Å². The summed E-state index contributed by atoms with van der Waals surface area (Å²) in [6.07, 6.45) is -4.31. The largest absolute Gasteiger partial charge is 0.416 e. The van der Waals surface area contributed by atoms with Gasteiger partial charge in [0.1, 0.15) is 0 Å². The minimum atomic E-state index is -4.31. The van der Waals surface area contributed by atoms with Gasteiger partial charge in [0.15, 0.2) is 0 Å². The smallest absolute Gasteiger partial charge is 0.166 e. The first-order chi connectivity index (χ1) is 8.79. The zero-order valence-electron chi connectivity index (χ0n) is 9.14. The summed E-state index contributed by atoms with van der Waals surface area (Å²) in [7, 11) is 0. The molecular formula is C12H6Br2ClF3S. The van der Waals surface area contributed by atoms with E-state index in [1.807, 2.05) is 0 Å². The van der Waals surface area contributed by atoms with Crippen molar-refractivity contribution in [3.05, 3.63) is 55.1 Å². The molecule has 1 aromatic carbocycles. The van der Waals surface area contributed by atoms with Crippen molar-refractivity contribution in [2.75, 3.05) is 0 Å². The van der Waals surface area contributed by atoms with Gasteiger partial charge in [0.2, 0.25) is 0 Å². The van der Waals surface area contributed by atoms with Crippen molar-refractivity contribution in [1.29, 1.82) is 0 Å². The monoisotopic (exact) mass is 432 g/mol. The Morgan fingerprint density at radius 1 is 1.16 bits per heavy atom. The van der Waals surface area contributed by atoms with E-state index in [0.29, 0.717) is 5.02 Å². The first-order valence-corrected chi connectivity index (χ1v) is 7.95. The summed E-state index contributed by atoms with van der Waals surface area (Å²) in [6.45, 7) is 0. The van der Waals surface area contributed by atoms with Gasteiger partial charge in [-0.05, 0) is 39.7 Å². The zero-order valence-corrected chi connectivity index (χ0v) is 13.9. The summed E-state index contributed by atoms with van der Waals surface area (Å²) in [5.74, 6) is 0. The van der Waals surface area contributed by atoms with Gasteiger partial charge in [-0.15, -0.1) is 11.3 Å². The molecule has 2 rings (SSSR count). The summed E-state index contributed by atoms with van der Waals surface area (Å²) < 4.78 is 38.2. The Balaban J connectivity index is 2.27. The second kappa shape index (κ2) is 5.76. The van der Waals surface area contributed by atoms with Crippen LogP contribution < -0.4 is 0 Å². The molecule has 0 radical (unpaired) electrons. The molecule has 0 N–H and O–H groups in total. The van der Waals surface area contributed by atoms with Gasteiger partial charge in [0.25, 0.3) is 0 Å². The first kappa shape index (κ1) is 15.4. The van der Waals surface area contributed by atoms with Crippen LogP contribution in [0.3, 0.4) is 0 Å². The number of thiophene rings is 1. The van der Waals surface area contributed by atoms with Crippen LogP contribution >= 0.6 is 54.8 Å². The van der Waals surface area contributed by atoms with Crippen molar-refractivity contribution < 1.29 is 13.2 Å². The lowest BCUT2D eigenvalue weighted by Crippen LogP contribution is -2.04. The van der Waals surface area contributed by atoms with Gasteiger partial charge in [-0.3, -0.25) is 0 Å². The predicted molar refractivity (Wildman–Crippen MR) is 79.2 cm³/mol. The van der Waals surface area contributed by atoms with Gasteiger partial charge < -0.3 is 0 Å². The Kier molecular flexibility index (Phi) is 4.65.